The van der Waals surface area contributed by atoms with Gasteiger partial charge in [0.05, 0.1) is 19.1 Å². The molecule has 2 rings (SSSR count). The molecule has 0 saturated carbocycles. The van der Waals surface area contributed by atoms with Gasteiger partial charge in [-0.05, 0) is 24.3 Å². The van der Waals surface area contributed by atoms with Crippen LogP contribution in [0.2, 0.25) is 0 Å². The largest absolute Gasteiger partial charge is 0.490 e. The fourth-order valence-electron chi connectivity index (χ4n) is 1.60. The van der Waals surface area contributed by atoms with Crippen LogP contribution >= 0.6 is 0 Å². The summed E-state index contributed by atoms with van der Waals surface area (Å²) in [6.07, 6.45) is 1.65. The van der Waals surface area contributed by atoms with Gasteiger partial charge in [-0.2, -0.15) is 0 Å². The molecule has 3 nitrogen and oxygen atoms in total. The zero-order valence-corrected chi connectivity index (χ0v) is 9.79. The van der Waals surface area contributed by atoms with Crippen LogP contribution in [0.5, 0.6) is 5.75 Å². The van der Waals surface area contributed by atoms with Gasteiger partial charge >= 0.3 is 0 Å². The topological polar surface area (TPSA) is 42.4 Å². The molecular formula is C14H14FNO2. The van der Waals surface area contributed by atoms with E-state index in [9.17, 15) is 9.50 Å². The first-order valence-corrected chi connectivity index (χ1v) is 5.70. The first kappa shape index (κ1) is 12.5. The third-order valence-electron chi connectivity index (χ3n) is 2.60. The lowest BCUT2D eigenvalue weighted by atomic mass is 10.1. The molecule has 0 aliphatic rings. The lowest BCUT2D eigenvalue weighted by Crippen LogP contribution is -2.15. The van der Waals surface area contributed by atoms with Gasteiger partial charge in [0.2, 0.25) is 0 Å². The van der Waals surface area contributed by atoms with Gasteiger partial charge in [0.25, 0.3) is 0 Å². The maximum absolute atomic E-state index is 13.3. The predicted octanol–water partition coefficient (Wildman–Crippen LogP) is 2.38. The highest BCUT2D eigenvalue weighted by Crippen LogP contribution is 2.19. The number of aromatic nitrogens is 1. The van der Waals surface area contributed by atoms with Crippen LogP contribution in [0.15, 0.2) is 48.7 Å². The van der Waals surface area contributed by atoms with Crippen molar-refractivity contribution in [3.8, 4) is 5.75 Å². The Kier molecular flexibility index (Phi) is 4.25. The molecule has 1 unspecified atom stereocenters. The van der Waals surface area contributed by atoms with Crippen LogP contribution in [0, 0.1) is 5.82 Å². The quantitative estimate of drug-likeness (QED) is 0.882. The van der Waals surface area contributed by atoms with Crippen LogP contribution in [0.3, 0.4) is 0 Å². The number of ether oxygens (including phenoxy) is 1. The molecule has 1 heterocycles. The first-order valence-electron chi connectivity index (χ1n) is 5.70. The van der Waals surface area contributed by atoms with Crippen molar-refractivity contribution in [3.05, 3.63) is 60.2 Å². The number of rotatable bonds is 5. The molecule has 1 aromatic heterocycles. The summed E-state index contributed by atoms with van der Waals surface area (Å²) in [5.74, 6) is -0.479. The zero-order chi connectivity index (χ0) is 12.8. The molecule has 2 aromatic rings. The molecule has 0 spiro atoms. The summed E-state index contributed by atoms with van der Waals surface area (Å²) < 4.78 is 18.7. The Bertz CT molecular complexity index is 490. The standard InChI is InChI=1S/C14H14FNO2/c15-12-5-1-2-7-14(12)18-10-11(9-17)13-6-3-4-8-16-13/h1-8,11,17H,9-10H2. The number of halogens is 1. The molecule has 0 aliphatic heterocycles. The summed E-state index contributed by atoms with van der Waals surface area (Å²) in [6.45, 7) is 0.0971. The van der Waals surface area contributed by atoms with E-state index in [0.29, 0.717) is 0 Å². The Labute approximate surface area is 105 Å². The second kappa shape index (κ2) is 6.12. The number of hydrogen-bond acceptors (Lipinski definition) is 3. The van der Waals surface area contributed by atoms with Crippen LogP contribution < -0.4 is 4.74 Å². The van der Waals surface area contributed by atoms with Crippen molar-refractivity contribution in [3.63, 3.8) is 0 Å². The van der Waals surface area contributed by atoms with Gasteiger partial charge < -0.3 is 9.84 Å². The third kappa shape index (κ3) is 3.05. The summed E-state index contributed by atoms with van der Waals surface area (Å²) in [7, 11) is 0. The average Bonchev–Trinajstić information content (AvgIpc) is 2.42. The van der Waals surface area contributed by atoms with Gasteiger partial charge in [0.1, 0.15) is 0 Å². The molecule has 94 valence electrons. The van der Waals surface area contributed by atoms with Gasteiger partial charge in [0, 0.05) is 11.9 Å². The second-order valence-electron chi connectivity index (χ2n) is 3.88. The number of benzene rings is 1. The van der Waals surface area contributed by atoms with E-state index in [1.807, 2.05) is 12.1 Å². The van der Waals surface area contributed by atoms with E-state index in [2.05, 4.69) is 4.98 Å². The van der Waals surface area contributed by atoms with Gasteiger partial charge in [-0.25, -0.2) is 4.39 Å². The van der Waals surface area contributed by atoms with E-state index < -0.39 is 5.82 Å². The molecule has 1 aromatic carbocycles. The lowest BCUT2D eigenvalue weighted by molar-refractivity contribution is 0.198. The molecule has 0 fully saturated rings. The van der Waals surface area contributed by atoms with Crippen LogP contribution in [-0.4, -0.2) is 23.3 Å². The highest BCUT2D eigenvalue weighted by Gasteiger charge is 2.13. The summed E-state index contributed by atoms with van der Waals surface area (Å²) in [5.41, 5.74) is 0.733. The molecule has 0 bridgehead atoms. The molecule has 1 atom stereocenters. The Balaban J connectivity index is 2.02. The molecule has 1 N–H and O–H groups in total. The summed E-state index contributed by atoms with van der Waals surface area (Å²) in [4.78, 5) is 4.15. The average molecular weight is 247 g/mol. The van der Waals surface area contributed by atoms with E-state index in [-0.39, 0.29) is 24.9 Å². The van der Waals surface area contributed by atoms with E-state index in [0.717, 1.165) is 5.69 Å². The fourth-order valence-corrected chi connectivity index (χ4v) is 1.60. The normalized spacial score (nSPS) is 12.1. The number of aliphatic hydroxyl groups is 1. The Hall–Kier alpha value is -1.94. The molecular weight excluding hydrogens is 233 g/mol. The highest BCUT2D eigenvalue weighted by molar-refractivity contribution is 5.24. The van der Waals surface area contributed by atoms with E-state index >= 15 is 0 Å². The van der Waals surface area contributed by atoms with Crippen molar-refractivity contribution in [2.24, 2.45) is 0 Å². The number of hydrogen-bond donors (Lipinski definition) is 1. The maximum Gasteiger partial charge on any atom is 0.165 e. The smallest absolute Gasteiger partial charge is 0.165 e. The Morgan fingerprint density at radius 1 is 1.17 bits per heavy atom. The van der Waals surface area contributed by atoms with Gasteiger partial charge in [-0.15, -0.1) is 0 Å². The summed E-state index contributed by atoms with van der Waals surface area (Å²) >= 11 is 0. The highest BCUT2D eigenvalue weighted by atomic mass is 19.1. The van der Waals surface area contributed by atoms with Crippen molar-refractivity contribution >= 4 is 0 Å². The van der Waals surface area contributed by atoms with Crippen LogP contribution in [0.25, 0.3) is 0 Å². The molecule has 0 aliphatic carbocycles. The van der Waals surface area contributed by atoms with E-state index in [4.69, 9.17) is 4.74 Å². The fraction of sp³-hybridized carbons (Fsp3) is 0.214. The van der Waals surface area contributed by atoms with Gasteiger partial charge in [0.15, 0.2) is 11.6 Å². The van der Waals surface area contributed by atoms with Crippen molar-refractivity contribution < 1.29 is 14.2 Å². The Morgan fingerprint density at radius 3 is 2.61 bits per heavy atom. The van der Waals surface area contributed by atoms with Crippen molar-refractivity contribution in [1.29, 1.82) is 0 Å². The minimum absolute atomic E-state index is 0.0918. The number of aliphatic hydroxyl groups excluding tert-OH is 1. The number of para-hydroxylation sites is 1. The second-order valence-corrected chi connectivity index (χ2v) is 3.88. The number of pyridine rings is 1. The minimum Gasteiger partial charge on any atom is -0.490 e. The van der Waals surface area contributed by atoms with Crippen molar-refractivity contribution in [1.82, 2.24) is 4.98 Å². The first-order chi connectivity index (χ1) is 8.81. The monoisotopic (exact) mass is 247 g/mol. The van der Waals surface area contributed by atoms with Gasteiger partial charge in [-0.3, -0.25) is 4.98 Å². The Morgan fingerprint density at radius 2 is 1.94 bits per heavy atom. The summed E-state index contributed by atoms with van der Waals surface area (Å²) in [6, 6.07) is 11.7. The minimum atomic E-state index is -0.407. The number of nitrogens with zero attached hydrogens (tertiary/aromatic N) is 1. The molecule has 0 saturated heterocycles. The molecule has 4 heteroatoms. The van der Waals surface area contributed by atoms with E-state index in [1.54, 1.807) is 30.5 Å². The van der Waals surface area contributed by atoms with E-state index in [1.165, 1.54) is 6.07 Å². The van der Waals surface area contributed by atoms with Crippen LogP contribution in [-0.2, 0) is 0 Å². The zero-order valence-electron chi connectivity index (χ0n) is 9.79. The molecule has 0 amide bonds. The lowest BCUT2D eigenvalue weighted by Gasteiger charge is -2.15. The molecule has 0 radical (unpaired) electrons. The maximum atomic E-state index is 13.3. The SMILES string of the molecule is OCC(COc1ccccc1F)c1ccccn1. The van der Waals surface area contributed by atoms with Crippen LogP contribution in [0.1, 0.15) is 11.6 Å². The van der Waals surface area contributed by atoms with Crippen molar-refractivity contribution in [2.75, 3.05) is 13.2 Å². The summed E-state index contributed by atoms with van der Waals surface area (Å²) in [5, 5.41) is 9.31. The van der Waals surface area contributed by atoms with Crippen LogP contribution in [0.4, 0.5) is 4.39 Å². The van der Waals surface area contributed by atoms with Crippen molar-refractivity contribution in [2.45, 2.75) is 5.92 Å². The third-order valence-corrected chi connectivity index (χ3v) is 2.60. The predicted molar refractivity (Wildman–Crippen MR) is 66.0 cm³/mol. The molecule has 18 heavy (non-hydrogen) atoms. The van der Waals surface area contributed by atoms with Gasteiger partial charge in [-0.1, -0.05) is 18.2 Å².